The molecular weight excluding hydrogens is 603 g/mol. The van der Waals surface area contributed by atoms with Crippen molar-refractivity contribution in [3.63, 3.8) is 0 Å². The second kappa shape index (κ2) is 16.1. The summed E-state index contributed by atoms with van der Waals surface area (Å²) in [4.78, 5) is 51.5. The Morgan fingerprint density at radius 2 is 1.60 bits per heavy atom. The number of nitrogens with one attached hydrogen (secondary N) is 1. The lowest BCUT2D eigenvalue weighted by atomic mass is 10.1. The summed E-state index contributed by atoms with van der Waals surface area (Å²) in [5.41, 5.74) is 7.62. The number of carboxylic acid groups (broad SMARTS) is 2. The van der Waals surface area contributed by atoms with E-state index in [0.29, 0.717) is 5.56 Å². The fourth-order valence-electron chi connectivity index (χ4n) is 4.10. The van der Waals surface area contributed by atoms with Gasteiger partial charge in [0, 0.05) is 41.7 Å². The number of nitrogen functional groups attached to an aromatic ring is 1. The number of carbonyl (C=O) groups excluding carboxylic acids is 2. The molecule has 1 aromatic heterocycles. The highest BCUT2D eigenvalue weighted by Gasteiger charge is 2.16. The summed E-state index contributed by atoms with van der Waals surface area (Å²) in [7, 11) is -3.12. The van der Waals surface area contributed by atoms with Gasteiger partial charge in [-0.25, -0.2) is 13.6 Å². The van der Waals surface area contributed by atoms with Gasteiger partial charge in [-0.2, -0.15) is 4.36 Å². The molecule has 0 unspecified atom stereocenters. The Kier molecular flexibility index (Phi) is 12.3. The molecule has 13 heteroatoms. The maximum atomic E-state index is 14.1. The van der Waals surface area contributed by atoms with Crippen molar-refractivity contribution in [3.05, 3.63) is 88.4 Å². The number of carboxylic acids is 2. The maximum Gasteiger partial charge on any atom is 0.303 e. The van der Waals surface area contributed by atoms with E-state index in [4.69, 9.17) is 15.9 Å². The fraction of sp³-hybridized carbons (Fsp3) is 0.281. The summed E-state index contributed by atoms with van der Waals surface area (Å²) in [6.45, 7) is 1.77. The number of hydrogen-bond donors (Lipinski definition) is 4. The van der Waals surface area contributed by atoms with Crippen molar-refractivity contribution < 1.29 is 38.0 Å². The zero-order chi connectivity index (χ0) is 33.0. The smallest absolute Gasteiger partial charge is 0.303 e. The van der Waals surface area contributed by atoms with Crippen LogP contribution in [0, 0.1) is 24.6 Å². The van der Waals surface area contributed by atoms with E-state index in [0.717, 1.165) is 5.56 Å². The van der Waals surface area contributed by atoms with E-state index < -0.39 is 39.3 Å². The van der Waals surface area contributed by atoms with Crippen molar-refractivity contribution in [2.75, 3.05) is 22.6 Å². The quantitative estimate of drug-likeness (QED) is 0.150. The Balaban J connectivity index is 1.81. The van der Waals surface area contributed by atoms with Gasteiger partial charge in [-0.1, -0.05) is 24.0 Å². The third kappa shape index (κ3) is 11.2. The lowest BCUT2D eigenvalue weighted by Crippen LogP contribution is -2.15. The average molecular weight is 637 g/mol. The third-order valence-electron chi connectivity index (χ3n) is 6.46. The predicted octanol–water partition coefficient (Wildman–Crippen LogP) is 4.88. The molecule has 0 atom stereocenters. The van der Waals surface area contributed by atoms with Gasteiger partial charge in [-0.05, 0) is 74.6 Å². The molecular formula is C32H33FN4O7S. The number of nitrogens with two attached hydrogens (primary N) is 1. The molecule has 45 heavy (non-hydrogen) atoms. The second-order valence-electron chi connectivity index (χ2n) is 10.2. The van der Waals surface area contributed by atoms with Crippen molar-refractivity contribution in [2.45, 2.75) is 45.4 Å². The molecule has 0 bridgehead atoms. The van der Waals surface area contributed by atoms with Crippen LogP contribution >= 0.6 is 0 Å². The van der Waals surface area contributed by atoms with Gasteiger partial charge in [0.1, 0.15) is 11.6 Å². The highest BCUT2D eigenvalue weighted by Crippen LogP contribution is 2.18. The minimum atomic E-state index is -3.12. The van der Waals surface area contributed by atoms with E-state index in [9.17, 15) is 27.8 Å². The molecule has 1 heterocycles. The molecule has 0 saturated carbocycles. The molecule has 0 radical (unpaired) electrons. The lowest BCUT2D eigenvalue weighted by molar-refractivity contribution is -0.138. The molecule has 0 saturated heterocycles. The highest BCUT2D eigenvalue weighted by atomic mass is 32.2. The van der Waals surface area contributed by atoms with Gasteiger partial charge in [0.05, 0.1) is 26.5 Å². The average Bonchev–Trinajstić information content (AvgIpc) is 2.99. The van der Waals surface area contributed by atoms with E-state index in [1.54, 1.807) is 31.2 Å². The number of rotatable bonds is 13. The van der Waals surface area contributed by atoms with Crippen LogP contribution < -0.4 is 11.1 Å². The third-order valence-corrected chi connectivity index (χ3v) is 8.81. The van der Waals surface area contributed by atoms with E-state index >= 15 is 0 Å². The fourth-order valence-corrected chi connectivity index (χ4v) is 6.21. The topological polar surface area (TPSA) is 189 Å². The van der Waals surface area contributed by atoms with Gasteiger partial charge in [-0.15, -0.1) is 0 Å². The normalized spacial score (nSPS) is 10.8. The summed E-state index contributed by atoms with van der Waals surface area (Å²) in [6, 6.07) is 12.0. The van der Waals surface area contributed by atoms with Gasteiger partial charge in [-0.3, -0.25) is 19.2 Å². The van der Waals surface area contributed by atoms with Crippen molar-refractivity contribution in [1.82, 2.24) is 4.98 Å². The number of anilines is 2. The van der Waals surface area contributed by atoms with Crippen LogP contribution in [0.15, 0.2) is 59.1 Å². The summed E-state index contributed by atoms with van der Waals surface area (Å²) in [6.07, 6.45) is 1.95. The maximum absolute atomic E-state index is 14.1. The van der Waals surface area contributed by atoms with Crippen LogP contribution in [-0.4, -0.2) is 54.7 Å². The first-order chi connectivity index (χ1) is 21.3. The molecule has 3 aromatic rings. The van der Waals surface area contributed by atoms with Crippen LogP contribution in [0.3, 0.4) is 0 Å². The summed E-state index contributed by atoms with van der Waals surface area (Å²) >= 11 is 0. The number of aromatic nitrogens is 1. The zero-order valence-corrected chi connectivity index (χ0v) is 25.4. The summed E-state index contributed by atoms with van der Waals surface area (Å²) < 4.78 is 31.6. The molecule has 0 spiro atoms. The van der Waals surface area contributed by atoms with Gasteiger partial charge >= 0.3 is 11.9 Å². The van der Waals surface area contributed by atoms with Crippen molar-refractivity contribution in [1.29, 1.82) is 0 Å². The Labute approximate surface area is 260 Å². The molecule has 2 aromatic carbocycles. The van der Waals surface area contributed by atoms with Crippen molar-refractivity contribution in [3.8, 4) is 11.8 Å². The molecule has 3 rings (SSSR count). The van der Waals surface area contributed by atoms with Gasteiger partial charge in [0.15, 0.2) is 0 Å². The second-order valence-corrected chi connectivity index (χ2v) is 12.7. The Hall–Kier alpha value is -5.09. The highest BCUT2D eigenvalue weighted by molar-refractivity contribution is 7.93. The molecule has 0 aliphatic heterocycles. The van der Waals surface area contributed by atoms with Crippen LogP contribution in [0.25, 0.3) is 0 Å². The van der Waals surface area contributed by atoms with Gasteiger partial charge < -0.3 is 21.3 Å². The molecule has 236 valence electrons. The number of pyridine rings is 1. The van der Waals surface area contributed by atoms with Crippen molar-refractivity contribution in [2.24, 2.45) is 4.36 Å². The van der Waals surface area contributed by atoms with E-state index in [1.807, 2.05) is 0 Å². The van der Waals surface area contributed by atoms with Crippen molar-refractivity contribution >= 4 is 45.0 Å². The number of aliphatic carboxylic acids is 2. The van der Waals surface area contributed by atoms with E-state index in [2.05, 4.69) is 26.5 Å². The number of unbranched alkanes of at least 4 members (excludes halogenated alkanes) is 2. The SMILES string of the molecule is Cc1ccc(F)c(NC(=O)c2cccc(C#Cc3cc(C(=O)N=S(=O)(CCCCC(=O)O)CCCCC(=O)O)cnc3N)c2)c1. The number of amides is 2. The van der Waals surface area contributed by atoms with Crippen LogP contribution in [0.2, 0.25) is 0 Å². The zero-order valence-electron chi connectivity index (χ0n) is 24.5. The number of benzene rings is 2. The molecule has 2 amide bonds. The monoisotopic (exact) mass is 636 g/mol. The minimum absolute atomic E-state index is 0.0193. The lowest BCUT2D eigenvalue weighted by Gasteiger charge is -2.10. The Bertz CT molecular complexity index is 1760. The van der Waals surface area contributed by atoms with Gasteiger partial charge in [0.2, 0.25) is 0 Å². The summed E-state index contributed by atoms with van der Waals surface area (Å²) in [5, 5.41) is 20.3. The van der Waals surface area contributed by atoms with Crippen LogP contribution in [0.4, 0.5) is 15.9 Å². The number of hydrogen-bond acceptors (Lipinski definition) is 7. The van der Waals surface area contributed by atoms with E-state index in [-0.39, 0.29) is 78.2 Å². The number of carbonyl (C=O) groups is 4. The molecule has 5 N–H and O–H groups in total. The minimum Gasteiger partial charge on any atom is -0.481 e. The van der Waals surface area contributed by atoms with Crippen LogP contribution in [0.5, 0.6) is 0 Å². The first-order valence-corrected chi connectivity index (χ1v) is 15.9. The Morgan fingerprint density at radius 1 is 0.933 bits per heavy atom. The molecule has 0 fully saturated rings. The molecule has 11 nitrogen and oxygen atoms in total. The predicted molar refractivity (Wildman–Crippen MR) is 168 cm³/mol. The Morgan fingerprint density at radius 3 is 2.24 bits per heavy atom. The van der Waals surface area contributed by atoms with Crippen LogP contribution in [0.1, 0.15) is 75.9 Å². The number of nitrogens with zero attached hydrogens (tertiary/aromatic N) is 2. The first-order valence-electron chi connectivity index (χ1n) is 14.0. The number of halogens is 1. The van der Waals surface area contributed by atoms with Crippen LogP contribution in [-0.2, 0) is 19.3 Å². The number of aryl methyl sites for hydroxylation is 1. The first kappa shape index (κ1) is 34.4. The molecule has 0 aliphatic rings. The molecule has 0 aliphatic carbocycles. The largest absolute Gasteiger partial charge is 0.481 e. The standard InChI is InChI=1S/C32H33FN4O7S/c1-21-11-14-26(33)27(17-21)36-31(42)24-8-6-7-22(18-24)12-13-23-19-25(20-35-30(23)34)32(43)37-45(44,15-4-2-9-28(38)39)16-5-3-10-29(40)41/h6-8,11,14,17-20H,2-5,9-10,15-16H2,1H3,(H2,34,35)(H,36,42)(H,38,39)(H,40,41). The van der Waals surface area contributed by atoms with Gasteiger partial charge in [0.25, 0.3) is 11.8 Å². The van der Waals surface area contributed by atoms with E-state index in [1.165, 1.54) is 30.5 Å². The summed E-state index contributed by atoms with van der Waals surface area (Å²) in [5.74, 6) is 1.75.